The Morgan fingerprint density at radius 3 is 2.48 bits per heavy atom. The maximum Gasteiger partial charge on any atom is 0.407 e. The molecule has 8 heteroatoms. The standard InChI is InChI=1S/C28H39N3O5.C4H8.C2H6/c1-5-23-20(3)31(26-15-11-10-14-24(23)26)18-12-8-7-9-13-21-19-22(36-30-21)16-17-25(27(32)35-6-2)29-28(33)34-4;1-3-4-2;1-2/h5,10-11,14-15,19-20,25H,6-9,12-13,16-18H2,1-4H3,(H,29,33);3H,1,4H2,2H3;1-2H3/b23-5+;;. The summed E-state index contributed by atoms with van der Waals surface area (Å²) in [5.74, 6) is 0.198. The minimum Gasteiger partial charge on any atom is -0.464 e. The summed E-state index contributed by atoms with van der Waals surface area (Å²) in [6.07, 6.45) is 10.7. The molecule has 1 aromatic heterocycles. The van der Waals surface area contributed by atoms with Gasteiger partial charge >= 0.3 is 12.1 Å². The number of fused-ring (bicyclic) bond motifs is 1. The molecule has 0 aliphatic carbocycles. The molecule has 0 saturated heterocycles. The molecule has 0 spiro atoms. The first-order valence-electron chi connectivity index (χ1n) is 15.5. The highest BCUT2D eigenvalue weighted by Crippen LogP contribution is 2.40. The molecule has 1 aliphatic rings. The first-order chi connectivity index (χ1) is 20.4. The smallest absolute Gasteiger partial charge is 0.407 e. The van der Waals surface area contributed by atoms with E-state index in [1.165, 1.54) is 30.4 Å². The van der Waals surface area contributed by atoms with E-state index >= 15 is 0 Å². The van der Waals surface area contributed by atoms with Crippen molar-refractivity contribution in [3.63, 3.8) is 0 Å². The minimum atomic E-state index is -0.792. The normalized spacial score (nSPS) is 15.0. The van der Waals surface area contributed by atoms with Crippen LogP contribution in [0.4, 0.5) is 10.5 Å². The topological polar surface area (TPSA) is 93.9 Å². The zero-order chi connectivity index (χ0) is 31.3. The molecule has 2 aromatic rings. The van der Waals surface area contributed by atoms with Crippen molar-refractivity contribution in [2.24, 2.45) is 0 Å². The summed E-state index contributed by atoms with van der Waals surface area (Å²) < 4.78 is 15.1. The van der Waals surface area contributed by atoms with Crippen molar-refractivity contribution in [3.05, 3.63) is 66.1 Å². The highest BCUT2D eigenvalue weighted by molar-refractivity contribution is 5.87. The maximum atomic E-state index is 12.1. The number of nitrogens with zero attached hydrogens (tertiary/aromatic N) is 2. The Labute approximate surface area is 253 Å². The van der Waals surface area contributed by atoms with Gasteiger partial charge in [-0.1, -0.05) is 69.1 Å². The molecule has 1 N–H and O–H groups in total. The van der Waals surface area contributed by atoms with Crippen LogP contribution in [0.25, 0.3) is 5.57 Å². The van der Waals surface area contributed by atoms with Crippen LogP contribution in [0.5, 0.6) is 0 Å². The summed E-state index contributed by atoms with van der Waals surface area (Å²) in [6.45, 7) is 17.0. The molecule has 42 heavy (non-hydrogen) atoms. The molecule has 1 aromatic carbocycles. The van der Waals surface area contributed by atoms with Crippen molar-refractivity contribution >= 4 is 23.3 Å². The van der Waals surface area contributed by atoms with Crippen LogP contribution in [0.1, 0.15) is 97.1 Å². The number of anilines is 1. The number of allylic oxidation sites excluding steroid dienone is 2. The van der Waals surface area contributed by atoms with Crippen LogP contribution in [0.2, 0.25) is 0 Å². The van der Waals surface area contributed by atoms with E-state index in [-0.39, 0.29) is 6.61 Å². The molecule has 2 heterocycles. The van der Waals surface area contributed by atoms with E-state index in [2.05, 4.69) is 77.8 Å². The fourth-order valence-electron chi connectivity index (χ4n) is 4.79. The van der Waals surface area contributed by atoms with Gasteiger partial charge in [-0.05, 0) is 64.5 Å². The summed E-state index contributed by atoms with van der Waals surface area (Å²) in [4.78, 5) is 26.2. The number of methoxy groups -OCH3 is 1. The van der Waals surface area contributed by atoms with Crippen LogP contribution in [0.3, 0.4) is 0 Å². The number of aromatic nitrogens is 1. The quantitative estimate of drug-likeness (QED) is 0.137. The van der Waals surface area contributed by atoms with E-state index in [0.29, 0.717) is 24.6 Å². The van der Waals surface area contributed by atoms with Crippen LogP contribution >= 0.6 is 0 Å². The average Bonchev–Trinajstić information content (AvgIpc) is 3.58. The third kappa shape index (κ3) is 11.7. The summed E-state index contributed by atoms with van der Waals surface area (Å²) in [7, 11) is 1.26. The van der Waals surface area contributed by atoms with Gasteiger partial charge < -0.3 is 24.2 Å². The average molecular weight is 584 g/mol. The van der Waals surface area contributed by atoms with Crippen LogP contribution < -0.4 is 10.2 Å². The van der Waals surface area contributed by atoms with E-state index in [4.69, 9.17) is 9.26 Å². The number of benzene rings is 1. The number of carbonyl (C=O) groups excluding carboxylic acids is 2. The number of nitrogens with one attached hydrogen (secondary N) is 1. The van der Waals surface area contributed by atoms with E-state index < -0.39 is 18.1 Å². The van der Waals surface area contributed by atoms with E-state index in [0.717, 1.165) is 44.3 Å². The van der Waals surface area contributed by atoms with Crippen molar-refractivity contribution in [1.82, 2.24) is 10.5 Å². The Balaban J connectivity index is 0.00000135. The number of amides is 1. The molecule has 0 radical (unpaired) electrons. The molecule has 0 bridgehead atoms. The Bertz CT molecular complexity index is 1090. The van der Waals surface area contributed by atoms with Crippen LogP contribution in [-0.4, -0.2) is 49.6 Å². The number of esters is 1. The lowest BCUT2D eigenvalue weighted by Crippen LogP contribution is -2.42. The third-order valence-corrected chi connectivity index (χ3v) is 6.96. The molecular formula is C34H53N3O5. The van der Waals surface area contributed by atoms with Crippen LogP contribution in [-0.2, 0) is 27.1 Å². The second-order valence-corrected chi connectivity index (χ2v) is 9.76. The molecule has 0 fully saturated rings. The van der Waals surface area contributed by atoms with Crippen molar-refractivity contribution in [3.8, 4) is 0 Å². The second-order valence-electron chi connectivity index (χ2n) is 9.76. The van der Waals surface area contributed by atoms with E-state index in [1.54, 1.807) is 6.92 Å². The number of aryl methyl sites for hydroxylation is 2. The van der Waals surface area contributed by atoms with Gasteiger partial charge in [-0.25, -0.2) is 9.59 Å². The van der Waals surface area contributed by atoms with Crippen molar-refractivity contribution in [2.75, 3.05) is 25.2 Å². The van der Waals surface area contributed by atoms with Gasteiger partial charge in [-0.15, -0.1) is 6.58 Å². The molecular weight excluding hydrogens is 530 g/mol. The number of hydrogen-bond donors (Lipinski definition) is 1. The summed E-state index contributed by atoms with van der Waals surface area (Å²) >= 11 is 0. The van der Waals surface area contributed by atoms with Gasteiger partial charge in [-0.2, -0.15) is 0 Å². The van der Waals surface area contributed by atoms with E-state index in [9.17, 15) is 9.59 Å². The first-order valence-corrected chi connectivity index (χ1v) is 15.5. The van der Waals surface area contributed by atoms with Gasteiger partial charge in [0.1, 0.15) is 11.8 Å². The predicted molar refractivity (Wildman–Crippen MR) is 172 cm³/mol. The molecule has 8 nitrogen and oxygen atoms in total. The number of hydrogen-bond acceptors (Lipinski definition) is 7. The highest BCUT2D eigenvalue weighted by Gasteiger charge is 2.29. The molecule has 3 rings (SSSR count). The molecule has 0 saturated carbocycles. The predicted octanol–water partition coefficient (Wildman–Crippen LogP) is 7.92. The largest absolute Gasteiger partial charge is 0.464 e. The van der Waals surface area contributed by atoms with Crippen molar-refractivity contribution in [2.45, 2.75) is 105 Å². The lowest BCUT2D eigenvalue weighted by molar-refractivity contribution is -0.145. The minimum absolute atomic E-state index is 0.242. The number of ether oxygens (including phenoxy) is 2. The zero-order valence-corrected chi connectivity index (χ0v) is 26.9. The Morgan fingerprint density at radius 2 is 1.83 bits per heavy atom. The van der Waals surface area contributed by atoms with Crippen molar-refractivity contribution in [1.29, 1.82) is 0 Å². The number of carbonyl (C=O) groups is 2. The van der Waals surface area contributed by atoms with Crippen LogP contribution in [0.15, 0.2) is 53.6 Å². The molecule has 1 aliphatic heterocycles. The maximum absolute atomic E-state index is 12.1. The fourth-order valence-corrected chi connectivity index (χ4v) is 4.79. The van der Waals surface area contributed by atoms with Crippen molar-refractivity contribution < 1.29 is 23.6 Å². The van der Waals surface area contributed by atoms with Gasteiger partial charge in [-0.3, -0.25) is 0 Å². The third-order valence-electron chi connectivity index (χ3n) is 6.96. The lowest BCUT2D eigenvalue weighted by Gasteiger charge is -2.25. The first kappa shape index (κ1) is 36.5. The zero-order valence-electron chi connectivity index (χ0n) is 26.9. The van der Waals surface area contributed by atoms with E-state index in [1.807, 2.05) is 26.0 Å². The SMILES string of the molecule is C/C=C1/c2ccccc2N(CCCCCCc2cc(CCC(NC(=O)OC)C(=O)OCC)on2)C1C.C=CCC.CC. The molecule has 2 atom stereocenters. The Morgan fingerprint density at radius 1 is 1.14 bits per heavy atom. The second kappa shape index (κ2) is 21.2. The monoisotopic (exact) mass is 583 g/mol. The van der Waals surface area contributed by atoms with Gasteiger partial charge in [0.2, 0.25) is 0 Å². The Hall–Kier alpha value is -3.55. The number of alkyl carbamates (subject to hydrolysis) is 1. The fraction of sp³-hybridized carbons (Fsp3) is 0.559. The summed E-state index contributed by atoms with van der Waals surface area (Å²) in [5, 5.41) is 6.68. The van der Waals surface area contributed by atoms with Gasteiger partial charge in [0.05, 0.1) is 25.5 Å². The summed E-state index contributed by atoms with van der Waals surface area (Å²) in [6, 6.07) is 10.3. The molecule has 234 valence electrons. The number of para-hydroxylation sites is 1. The molecule has 1 amide bonds. The van der Waals surface area contributed by atoms with Gasteiger partial charge in [0, 0.05) is 30.3 Å². The lowest BCUT2D eigenvalue weighted by atomic mass is 10.0. The summed E-state index contributed by atoms with van der Waals surface area (Å²) in [5.41, 5.74) is 5.05. The van der Waals surface area contributed by atoms with Gasteiger partial charge in [0.15, 0.2) is 0 Å². The highest BCUT2D eigenvalue weighted by atomic mass is 16.5. The number of unbranched alkanes of at least 4 members (excludes halogenated alkanes) is 3. The number of rotatable bonds is 14. The Kier molecular flexibility index (Phi) is 18.4. The van der Waals surface area contributed by atoms with Gasteiger partial charge in [0.25, 0.3) is 0 Å². The van der Waals surface area contributed by atoms with Crippen LogP contribution in [0, 0.1) is 0 Å². The molecule has 2 unspecified atom stereocenters.